The number of amides is 1. The molecule has 1 aromatic heterocycles. The molecule has 1 unspecified atom stereocenters. The van der Waals surface area contributed by atoms with E-state index in [-0.39, 0.29) is 12.0 Å². The molecule has 5 nitrogen and oxygen atoms in total. The second-order valence-electron chi connectivity index (χ2n) is 8.43. The molecule has 1 amide bonds. The third-order valence-corrected chi connectivity index (χ3v) is 5.95. The van der Waals surface area contributed by atoms with Crippen LogP contribution in [0.25, 0.3) is 10.9 Å². The molecule has 0 aliphatic carbocycles. The summed E-state index contributed by atoms with van der Waals surface area (Å²) in [7, 11) is 6.10. The number of hydrogen-bond donors (Lipinski definition) is 0. The number of benzene rings is 2. The highest BCUT2D eigenvalue weighted by atomic mass is 16.5. The summed E-state index contributed by atoms with van der Waals surface area (Å²) < 4.78 is 7.94. The molecule has 1 aliphatic rings. The van der Waals surface area contributed by atoms with Gasteiger partial charge in [-0.1, -0.05) is 30.3 Å². The molecule has 30 heavy (non-hydrogen) atoms. The summed E-state index contributed by atoms with van der Waals surface area (Å²) in [6.45, 7) is 2.06. The van der Waals surface area contributed by atoms with E-state index in [1.807, 2.05) is 38.2 Å². The molecule has 1 saturated heterocycles. The van der Waals surface area contributed by atoms with Gasteiger partial charge in [-0.05, 0) is 42.2 Å². The van der Waals surface area contributed by atoms with Gasteiger partial charge in [-0.25, -0.2) is 0 Å². The van der Waals surface area contributed by atoms with Gasteiger partial charge in [0.05, 0.1) is 12.5 Å². The van der Waals surface area contributed by atoms with Crippen LogP contribution in [0.5, 0.6) is 0 Å². The largest absolute Gasteiger partial charge is 0.378 e. The summed E-state index contributed by atoms with van der Waals surface area (Å²) in [6, 6.07) is 16.7. The minimum atomic E-state index is 0.141. The van der Waals surface area contributed by atoms with Gasteiger partial charge in [0.15, 0.2) is 0 Å². The minimum Gasteiger partial charge on any atom is -0.378 e. The quantitative estimate of drug-likeness (QED) is 0.596. The van der Waals surface area contributed by atoms with Crippen LogP contribution in [0.2, 0.25) is 0 Å². The Morgan fingerprint density at radius 2 is 1.90 bits per heavy atom. The number of anilines is 1. The number of rotatable bonds is 7. The number of carbonyl (C=O) groups is 1. The average molecular weight is 406 g/mol. The molecule has 4 rings (SSSR count). The first-order valence-electron chi connectivity index (χ1n) is 10.7. The summed E-state index contributed by atoms with van der Waals surface area (Å²) in [5.41, 5.74) is 4.54. The summed E-state index contributed by atoms with van der Waals surface area (Å²) >= 11 is 0. The lowest BCUT2D eigenvalue weighted by Crippen LogP contribution is -2.37. The predicted octanol–water partition coefficient (Wildman–Crippen LogP) is 3.99. The van der Waals surface area contributed by atoms with E-state index in [9.17, 15) is 4.79 Å². The van der Waals surface area contributed by atoms with Crippen LogP contribution in [-0.2, 0) is 29.5 Å². The number of carbonyl (C=O) groups excluding carboxylic acids is 1. The standard InChI is InChI=1S/C25H31N3O2/c1-26(2)21-12-10-19(11-13-21)16-28(18-22-7-6-14-30-22)25(29)15-20-17-27(3)24-9-5-4-8-23(20)24/h4-5,8-13,17,22H,6-7,14-16,18H2,1-3H3. The molecule has 1 atom stereocenters. The zero-order valence-electron chi connectivity index (χ0n) is 18.2. The third-order valence-electron chi connectivity index (χ3n) is 5.95. The van der Waals surface area contributed by atoms with Gasteiger partial charge in [0, 0.05) is 63.6 Å². The summed E-state index contributed by atoms with van der Waals surface area (Å²) in [4.78, 5) is 17.4. The van der Waals surface area contributed by atoms with Crippen molar-refractivity contribution >= 4 is 22.5 Å². The maximum absolute atomic E-state index is 13.4. The lowest BCUT2D eigenvalue weighted by Gasteiger charge is -2.26. The number of ether oxygens (including phenoxy) is 1. The van der Waals surface area contributed by atoms with Crippen LogP contribution in [0.3, 0.4) is 0 Å². The lowest BCUT2D eigenvalue weighted by molar-refractivity contribution is -0.132. The Morgan fingerprint density at radius 1 is 1.13 bits per heavy atom. The first kappa shape index (κ1) is 20.5. The van der Waals surface area contributed by atoms with E-state index in [4.69, 9.17) is 4.74 Å². The third kappa shape index (κ3) is 4.51. The zero-order chi connectivity index (χ0) is 21.1. The molecule has 0 bridgehead atoms. The highest BCUT2D eigenvalue weighted by Crippen LogP contribution is 2.23. The van der Waals surface area contributed by atoms with Crippen LogP contribution in [0.15, 0.2) is 54.7 Å². The second kappa shape index (κ2) is 8.92. The molecular weight excluding hydrogens is 374 g/mol. The molecule has 1 fully saturated rings. The smallest absolute Gasteiger partial charge is 0.227 e. The van der Waals surface area contributed by atoms with Gasteiger partial charge in [-0.2, -0.15) is 0 Å². The van der Waals surface area contributed by atoms with Crippen LogP contribution in [-0.4, -0.2) is 48.7 Å². The van der Waals surface area contributed by atoms with E-state index in [1.54, 1.807) is 0 Å². The van der Waals surface area contributed by atoms with Crippen molar-refractivity contribution in [2.75, 3.05) is 32.1 Å². The first-order valence-corrected chi connectivity index (χ1v) is 10.7. The first-order chi connectivity index (χ1) is 14.5. The van der Waals surface area contributed by atoms with Crippen molar-refractivity contribution in [2.45, 2.75) is 31.9 Å². The van der Waals surface area contributed by atoms with E-state index in [1.165, 1.54) is 0 Å². The van der Waals surface area contributed by atoms with E-state index in [0.717, 1.165) is 47.2 Å². The molecule has 2 heterocycles. The summed E-state index contributed by atoms with van der Waals surface area (Å²) in [6.07, 6.45) is 4.73. The van der Waals surface area contributed by atoms with Crippen molar-refractivity contribution < 1.29 is 9.53 Å². The van der Waals surface area contributed by atoms with Gasteiger partial charge in [0.25, 0.3) is 0 Å². The van der Waals surface area contributed by atoms with E-state index in [0.29, 0.717) is 19.5 Å². The number of fused-ring (bicyclic) bond motifs is 1. The van der Waals surface area contributed by atoms with Gasteiger partial charge >= 0.3 is 0 Å². The molecule has 1 aliphatic heterocycles. The van der Waals surface area contributed by atoms with Crippen LogP contribution in [0.1, 0.15) is 24.0 Å². The monoisotopic (exact) mass is 405 g/mol. The lowest BCUT2D eigenvalue weighted by atomic mass is 10.1. The predicted molar refractivity (Wildman–Crippen MR) is 122 cm³/mol. The molecule has 158 valence electrons. The van der Waals surface area contributed by atoms with Crippen molar-refractivity contribution in [3.05, 3.63) is 65.9 Å². The molecule has 2 aromatic carbocycles. The summed E-state index contributed by atoms with van der Waals surface area (Å²) in [5, 5.41) is 1.15. The van der Waals surface area contributed by atoms with Crippen molar-refractivity contribution in [3.8, 4) is 0 Å². The van der Waals surface area contributed by atoms with Gasteiger partial charge in [0.1, 0.15) is 0 Å². The molecular formula is C25H31N3O2. The molecule has 5 heteroatoms. The number of nitrogens with zero attached hydrogens (tertiary/aromatic N) is 3. The Morgan fingerprint density at radius 3 is 2.60 bits per heavy atom. The minimum absolute atomic E-state index is 0.141. The van der Waals surface area contributed by atoms with Crippen molar-refractivity contribution in [1.29, 1.82) is 0 Å². The van der Waals surface area contributed by atoms with Crippen molar-refractivity contribution in [1.82, 2.24) is 9.47 Å². The highest BCUT2D eigenvalue weighted by Gasteiger charge is 2.24. The van der Waals surface area contributed by atoms with E-state index >= 15 is 0 Å². The SMILES string of the molecule is CN(C)c1ccc(CN(CC2CCCO2)C(=O)Cc2cn(C)c3ccccc23)cc1. The maximum Gasteiger partial charge on any atom is 0.227 e. The highest BCUT2D eigenvalue weighted by molar-refractivity contribution is 5.89. The topological polar surface area (TPSA) is 37.7 Å². The van der Waals surface area contributed by atoms with Crippen LogP contribution >= 0.6 is 0 Å². The Hall–Kier alpha value is -2.79. The molecule has 0 saturated carbocycles. The summed E-state index contributed by atoms with van der Waals surface area (Å²) in [5.74, 6) is 0.151. The molecule has 0 N–H and O–H groups in total. The number of aromatic nitrogens is 1. The number of hydrogen-bond acceptors (Lipinski definition) is 3. The fourth-order valence-electron chi connectivity index (χ4n) is 4.25. The van der Waals surface area contributed by atoms with Crippen LogP contribution in [0.4, 0.5) is 5.69 Å². The van der Waals surface area contributed by atoms with Crippen LogP contribution in [0, 0.1) is 0 Å². The van der Waals surface area contributed by atoms with E-state index < -0.39 is 0 Å². The van der Waals surface area contributed by atoms with Crippen LogP contribution < -0.4 is 4.90 Å². The Labute approximate surface area is 178 Å². The normalized spacial score (nSPS) is 16.2. The van der Waals surface area contributed by atoms with Crippen molar-refractivity contribution in [2.24, 2.45) is 7.05 Å². The van der Waals surface area contributed by atoms with Gasteiger partial charge in [0.2, 0.25) is 5.91 Å². The van der Waals surface area contributed by atoms with E-state index in [2.05, 4.69) is 52.1 Å². The number of aryl methyl sites for hydroxylation is 1. The maximum atomic E-state index is 13.4. The van der Waals surface area contributed by atoms with Gasteiger partial charge in [-0.3, -0.25) is 4.79 Å². The van der Waals surface area contributed by atoms with Gasteiger partial charge < -0.3 is 19.1 Å². The average Bonchev–Trinajstić information content (AvgIpc) is 3.36. The second-order valence-corrected chi connectivity index (χ2v) is 8.43. The fourth-order valence-corrected chi connectivity index (χ4v) is 4.25. The Bertz CT molecular complexity index is 1000. The fraction of sp³-hybridized carbons (Fsp3) is 0.400. The Kier molecular flexibility index (Phi) is 6.09. The molecule has 3 aromatic rings. The Balaban J connectivity index is 1.54. The van der Waals surface area contributed by atoms with Gasteiger partial charge in [-0.15, -0.1) is 0 Å². The number of para-hydroxylation sites is 1. The zero-order valence-corrected chi connectivity index (χ0v) is 18.2. The molecule has 0 radical (unpaired) electrons. The van der Waals surface area contributed by atoms with Crippen molar-refractivity contribution in [3.63, 3.8) is 0 Å². The molecule has 0 spiro atoms.